The fraction of sp³-hybridized carbons (Fsp3) is 0.333. The molecule has 1 fully saturated rings. The van der Waals surface area contributed by atoms with Crippen molar-refractivity contribution in [2.75, 3.05) is 26.8 Å². The second-order valence-corrected chi connectivity index (χ2v) is 8.32. The highest BCUT2D eigenvalue weighted by Gasteiger charge is 2.33. The summed E-state index contributed by atoms with van der Waals surface area (Å²) in [7, 11) is 1.65. The van der Waals surface area contributed by atoms with Crippen LogP contribution in [-0.2, 0) is 6.61 Å². The maximum Gasteiger partial charge on any atom is 0.272 e. The average molecular weight is 447 g/mol. The van der Waals surface area contributed by atoms with Crippen LogP contribution in [0.15, 0.2) is 60.8 Å². The molecule has 0 unspecified atom stereocenters. The first kappa shape index (κ1) is 22.6. The van der Waals surface area contributed by atoms with Gasteiger partial charge in [0.15, 0.2) is 11.5 Å². The van der Waals surface area contributed by atoms with Gasteiger partial charge >= 0.3 is 0 Å². The van der Waals surface area contributed by atoms with Crippen molar-refractivity contribution in [1.82, 2.24) is 9.88 Å². The van der Waals surface area contributed by atoms with Gasteiger partial charge in [-0.1, -0.05) is 42.8 Å². The Balaban J connectivity index is 1.36. The maximum absolute atomic E-state index is 12.8. The largest absolute Gasteiger partial charge is 0.493 e. The molecule has 0 radical (unpaired) electrons. The maximum atomic E-state index is 12.8. The number of aryl methyl sites for hydroxylation is 1. The van der Waals surface area contributed by atoms with E-state index in [1.807, 2.05) is 24.0 Å². The summed E-state index contributed by atoms with van der Waals surface area (Å²) in [5.41, 5.74) is 3.88. The Hall–Kier alpha value is -3.54. The van der Waals surface area contributed by atoms with Gasteiger partial charge in [-0.15, -0.1) is 0 Å². The predicted molar refractivity (Wildman–Crippen MR) is 127 cm³/mol. The first-order valence-corrected chi connectivity index (χ1v) is 11.3. The van der Waals surface area contributed by atoms with Gasteiger partial charge in [-0.05, 0) is 42.7 Å². The van der Waals surface area contributed by atoms with Gasteiger partial charge in [0.2, 0.25) is 0 Å². The second-order valence-electron chi connectivity index (χ2n) is 8.32. The summed E-state index contributed by atoms with van der Waals surface area (Å²) in [6.45, 7) is 6.51. The number of hydrogen-bond acceptors (Lipinski definition) is 5. The fourth-order valence-electron chi connectivity index (χ4n) is 3.76. The van der Waals surface area contributed by atoms with Crippen LogP contribution in [0.5, 0.6) is 17.2 Å². The van der Waals surface area contributed by atoms with E-state index in [2.05, 4.69) is 42.2 Å². The molecule has 1 amide bonds. The van der Waals surface area contributed by atoms with E-state index in [1.165, 1.54) is 5.56 Å². The molecule has 0 saturated carbocycles. The van der Waals surface area contributed by atoms with Gasteiger partial charge < -0.3 is 19.1 Å². The number of carbonyl (C=O) groups excluding carboxylic acids is 1. The highest BCUT2D eigenvalue weighted by molar-refractivity contribution is 5.93. The van der Waals surface area contributed by atoms with Gasteiger partial charge in [0.05, 0.1) is 13.7 Å². The molecule has 2 heterocycles. The summed E-state index contributed by atoms with van der Waals surface area (Å²) in [4.78, 5) is 18.9. The third-order valence-electron chi connectivity index (χ3n) is 5.77. The van der Waals surface area contributed by atoms with E-state index in [0.717, 1.165) is 17.5 Å². The first-order valence-electron chi connectivity index (χ1n) is 11.3. The molecule has 6 nitrogen and oxygen atoms in total. The molecule has 0 spiro atoms. The van der Waals surface area contributed by atoms with Crippen LogP contribution in [-0.4, -0.2) is 42.6 Å². The Morgan fingerprint density at radius 3 is 2.55 bits per heavy atom. The molecule has 172 valence electrons. The molecule has 33 heavy (non-hydrogen) atoms. The van der Waals surface area contributed by atoms with E-state index >= 15 is 0 Å². The third-order valence-corrected chi connectivity index (χ3v) is 5.77. The van der Waals surface area contributed by atoms with Crippen LogP contribution in [0.25, 0.3) is 0 Å². The zero-order valence-electron chi connectivity index (χ0n) is 19.4. The number of aromatic nitrogens is 1. The molecular weight excluding hydrogens is 416 g/mol. The van der Waals surface area contributed by atoms with Crippen LogP contribution in [0.2, 0.25) is 0 Å². The minimum Gasteiger partial charge on any atom is -0.493 e. The smallest absolute Gasteiger partial charge is 0.272 e. The Labute approximate surface area is 195 Å². The summed E-state index contributed by atoms with van der Waals surface area (Å²) < 4.78 is 17.2. The molecule has 1 aliphatic heterocycles. The number of nitrogens with zero attached hydrogens (tertiary/aromatic N) is 2. The monoisotopic (exact) mass is 446 g/mol. The number of benzene rings is 2. The Morgan fingerprint density at radius 2 is 1.82 bits per heavy atom. The lowest BCUT2D eigenvalue weighted by Crippen LogP contribution is -2.48. The Kier molecular flexibility index (Phi) is 7.13. The Morgan fingerprint density at radius 1 is 1.03 bits per heavy atom. The molecule has 1 saturated heterocycles. The second kappa shape index (κ2) is 10.4. The highest BCUT2D eigenvalue weighted by atomic mass is 16.5. The molecule has 0 aliphatic carbocycles. The standard InChI is InChI=1S/C27H30N2O4/c1-4-13-32-23-11-12-28-24(15-23)27(30)29-16-22(17-29)21-9-10-25(26(14-21)31-3)33-18-20-7-5-19(2)6-8-20/h5-12,14-15,22H,4,13,16-18H2,1-3H3. The summed E-state index contributed by atoms with van der Waals surface area (Å²) in [6.07, 6.45) is 2.54. The van der Waals surface area contributed by atoms with Gasteiger partial charge in [-0.25, -0.2) is 0 Å². The average Bonchev–Trinajstić information content (AvgIpc) is 2.82. The van der Waals surface area contributed by atoms with E-state index in [0.29, 0.717) is 49.2 Å². The van der Waals surface area contributed by atoms with E-state index in [1.54, 1.807) is 25.4 Å². The van der Waals surface area contributed by atoms with Gasteiger partial charge in [-0.3, -0.25) is 9.78 Å². The van der Waals surface area contributed by atoms with Crippen LogP contribution >= 0.6 is 0 Å². The fourth-order valence-corrected chi connectivity index (χ4v) is 3.76. The summed E-state index contributed by atoms with van der Waals surface area (Å²) in [6, 6.07) is 17.8. The van der Waals surface area contributed by atoms with E-state index in [9.17, 15) is 4.79 Å². The topological polar surface area (TPSA) is 60.9 Å². The number of amides is 1. The first-order chi connectivity index (χ1) is 16.1. The van der Waals surface area contributed by atoms with Gasteiger partial charge in [0.25, 0.3) is 5.91 Å². The van der Waals surface area contributed by atoms with Crippen LogP contribution in [0.1, 0.15) is 46.4 Å². The molecule has 3 aromatic rings. The van der Waals surface area contributed by atoms with Crippen molar-refractivity contribution in [2.24, 2.45) is 0 Å². The van der Waals surface area contributed by atoms with Gasteiger partial charge in [0, 0.05) is 31.3 Å². The number of rotatable bonds is 9. The van der Waals surface area contributed by atoms with Crippen LogP contribution in [0.4, 0.5) is 0 Å². The number of likely N-dealkylation sites (tertiary alicyclic amines) is 1. The molecule has 1 aromatic heterocycles. The normalized spacial score (nSPS) is 13.4. The van der Waals surface area contributed by atoms with E-state index < -0.39 is 0 Å². The lowest BCUT2D eigenvalue weighted by Gasteiger charge is -2.39. The molecule has 2 aromatic carbocycles. The Bertz CT molecular complexity index is 1090. The summed E-state index contributed by atoms with van der Waals surface area (Å²) in [5, 5.41) is 0. The van der Waals surface area contributed by atoms with E-state index in [4.69, 9.17) is 14.2 Å². The number of pyridine rings is 1. The van der Waals surface area contributed by atoms with Crippen molar-refractivity contribution in [3.05, 3.63) is 83.2 Å². The van der Waals surface area contributed by atoms with Crippen LogP contribution < -0.4 is 14.2 Å². The molecule has 1 aliphatic rings. The summed E-state index contributed by atoms with van der Waals surface area (Å²) in [5.74, 6) is 2.28. The molecule has 4 rings (SSSR count). The highest BCUT2D eigenvalue weighted by Crippen LogP contribution is 2.35. The lowest BCUT2D eigenvalue weighted by molar-refractivity contribution is 0.0595. The molecule has 0 atom stereocenters. The van der Waals surface area contributed by atoms with Crippen molar-refractivity contribution >= 4 is 5.91 Å². The summed E-state index contributed by atoms with van der Waals surface area (Å²) >= 11 is 0. The third kappa shape index (κ3) is 5.45. The van der Waals surface area contributed by atoms with E-state index in [-0.39, 0.29) is 11.8 Å². The van der Waals surface area contributed by atoms with Gasteiger partial charge in [0.1, 0.15) is 18.1 Å². The molecular formula is C27H30N2O4. The number of hydrogen-bond donors (Lipinski definition) is 0. The number of ether oxygens (including phenoxy) is 3. The molecule has 6 heteroatoms. The minimum absolute atomic E-state index is 0.0711. The minimum atomic E-state index is -0.0711. The van der Waals surface area contributed by atoms with Crippen molar-refractivity contribution < 1.29 is 19.0 Å². The quantitative estimate of drug-likeness (QED) is 0.463. The number of carbonyl (C=O) groups is 1. The van der Waals surface area contributed by atoms with Crippen molar-refractivity contribution in [3.63, 3.8) is 0 Å². The zero-order chi connectivity index (χ0) is 23.2. The lowest BCUT2D eigenvalue weighted by atomic mass is 9.91. The molecule has 0 bridgehead atoms. The van der Waals surface area contributed by atoms with Crippen LogP contribution in [0, 0.1) is 6.92 Å². The zero-order valence-corrected chi connectivity index (χ0v) is 19.4. The van der Waals surface area contributed by atoms with Crippen molar-refractivity contribution in [2.45, 2.75) is 32.8 Å². The molecule has 0 N–H and O–H groups in total. The van der Waals surface area contributed by atoms with Crippen molar-refractivity contribution in [1.29, 1.82) is 0 Å². The van der Waals surface area contributed by atoms with Gasteiger partial charge in [-0.2, -0.15) is 0 Å². The predicted octanol–water partition coefficient (Wildman–Crippen LogP) is 5.01. The number of methoxy groups -OCH3 is 1. The SMILES string of the molecule is CCCOc1ccnc(C(=O)N2CC(c3ccc(OCc4ccc(C)cc4)c(OC)c3)C2)c1. The van der Waals surface area contributed by atoms with Crippen LogP contribution in [0.3, 0.4) is 0 Å². The van der Waals surface area contributed by atoms with Crippen molar-refractivity contribution in [3.8, 4) is 17.2 Å².